The first kappa shape index (κ1) is 5.75. The molecule has 0 amide bonds. The van der Waals surface area contributed by atoms with Gasteiger partial charge in [-0.2, -0.15) is 0 Å². The predicted molar refractivity (Wildman–Crippen MR) is 38.5 cm³/mol. The first-order valence-corrected chi connectivity index (χ1v) is 2.53. The van der Waals surface area contributed by atoms with Gasteiger partial charge in [0, 0.05) is 11.8 Å². The Kier molecular flexibility index (Phi) is 1.18. The van der Waals surface area contributed by atoms with Gasteiger partial charge in [-0.15, -0.1) is 0 Å². The van der Waals surface area contributed by atoms with Crippen LogP contribution >= 0.6 is 0 Å². The second kappa shape index (κ2) is 1.85. The molecule has 3 nitrogen and oxygen atoms in total. The lowest BCUT2D eigenvalue weighted by molar-refractivity contribution is 1.64. The largest absolute Gasteiger partial charge is 0.398 e. The molecule has 0 atom stereocenters. The van der Waals surface area contributed by atoms with Gasteiger partial charge >= 0.3 is 0 Å². The van der Waals surface area contributed by atoms with Crippen LogP contribution in [0.3, 0.4) is 0 Å². The van der Waals surface area contributed by atoms with Gasteiger partial charge in [-0.05, 0) is 12.1 Å². The maximum Gasteiger partial charge on any atom is 0.0649 e. The zero-order valence-electron chi connectivity index (χ0n) is 4.89. The van der Waals surface area contributed by atoms with Gasteiger partial charge in [0.05, 0.1) is 11.4 Å². The maximum atomic E-state index is 5.38. The van der Waals surface area contributed by atoms with Gasteiger partial charge < -0.3 is 17.2 Å². The highest BCUT2D eigenvalue weighted by Crippen LogP contribution is 2.15. The summed E-state index contributed by atoms with van der Waals surface area (Å²) in [6.07, 6.45) is 0. The highest BCUT2D eigenvalue weighted by Gasteiger charge is 1.91. The molecule has 6 N–H and O–H groups in total. The lowest BCUT2D eigenvalue weighted by Gasteiger charge is -1.97. The Bertz CT molecular complexity index is 220. The third-order valence-corrected chi connectivity index (χ3v) is 1.03. The highest BCUT2D eigenvalue weighted by molar-refractivity contribution is 5.66. The van der Waals surface area contributed by atoms with Crippen molar-refractivity contribution in [1.82, 2.24) is 0 Å². The van der Waals surface area contributed by atoms with Crippen LogP contribution in [0.25, 0.3) is 0 Å². The summed E-state index contributed by atoms with van der Waals surface area (Å²) in [6, 6.07) is 5.98. The van der Waals surface area contributed by atoms with Gasteiger partial charge in [0.2, 0.25) is 0 Å². The summed E-state index contributed by atoms with van der Waals surface area (Å²) < 4.78 is 0. The van der Waals surface area contributed by atoms with E-state index in [1.54, 1.807) is 12.1 Å². The van der Waals surface area contributed by atoms with Crippen molar-refractivity contribution in [1.29, 1.82) is 0 Å². The Morgan fingerprint density at radius 3 is 2.22 bits per heavy atom. The van der Waals surface area contributed by atoms with E-state index >= 15 is 0 Å². The van der Waals surface area contributed by atoms with Crippen LogP contribution in [0.5, 0.6) is 0 Å². The minimum atomic E-state index is 0.412. The molecule has 0 aliphatic rings. The Hall–Kier alpha value is -1.38. The van der Waals surface area contributed by atoms with Gasteiger partial charge in [0.1, 0.15) is 0 Å². The second-order valence-electron chi connectivity index (χ2n) is 1.78. The molecule has 0 aliphatic heterocycles. The van der Waals surface area contributed by atoms with E-state index in [0.717, 1.165) is 0 Å². The number of nitrogens with two attached hydrogens (primary N) is 3. The van der Waals surface area contributed by atoms with Crippen LogP contribution in [0.15, 0.2) is 12.1 Å². The van der Waals surface area contributed by atoms with E-state index in [-0.39, 0.29) is 0 Å². The lowest BCUT2D eigenvalue weighted by Crippen LogP contribution is -1.95. The molecule has 0 saturated heterocycles. The average Bonchev–Trinajstić information content (AvgIpc) is 1.80. The fraction of sp³-hybridized carbons (Fsp3) is 0. The summed E-state index contributed by atoms with van der Waals surface area (Å²) in [5.74, 6) is 0. The van der Waals surface area contributed by atoms with Crippen molar-refractivity contribution in [3.63, 3.8) is 0 Å². The topological polar surface area (TPSA) is 78.1 Å². The van der Waals surface area contributed by atoms with E-state index in [1.807, 2.05) is 0 Å². The molecule has 1 radical (unpaired) electrons. The van der Waals surface area contributed by atoms with Crippen LogP contribution in [-0.4, -0.2) is 0 Å². The highest BCUT2D eigenvalue weighted by atomic mass is 14.7. The van der Waals surface area contributed by atoms with Gasteiger partial charge in [-0.25, -0.2) is 0 Å². The Labute approximate surface area is 53.5 Å². The van der Waals surface area contributed by atoms with E-state index in [4.69, 9.17) is 17.2 Å². The van der Waals surface area contributed by atoms with Crippen molar-refractivity contribution in [2.75, 3.05) is 17.2 Å². The summed E-state index contributed by atoms with van der Waals surface area (Å²) in [5, 5.41) is 0. The maximum absolute atomic E-state index is 5.38. The van der Waals surface area contributed by atoms with E-state index in [9.17, 15) is 0 Å². The van der Waals surface area contributed by atoms with Crippen molar-refractivity contribution in [2.45, 2.75) is 0 Å². The molecule has 1 aromatic carbocycles. The Balaban J connectivity index is 3.17. The van der Waals surface area contributed by atoms with Crippen LogP contribution in [0, 0.1) is 6.07 Å². The minimum Gasteiger partial charge on any atom is -0.398 e. The SMILES string of the molecule is Nc1[c]c(N)c(N)cc1. The van der Waals surface area contributed by atoms with E-state index < -0.39 is 0 Å². The molecule has 0 aromatic heterocycles. The summed E-state index contributed by atoms with van der Waals surface area (Å²) in [7, 11) is 0. The number of rotatable bonds is 0. The lowest BCUT2D eigenvalue weighted by atomic mass is 10.2. The summed E-state index contributed by atoms with van der Waals surface area (Å²) in [6.45, 7) is 0. The molecule has 3 heteroatoms. The summed E-state index contributed by atoms with van der Waals surface area (Å²) in [5.41, 5.74) is 17.5. The van der Waals surface area contributed by atoms with Crippen molar-refractivity contribution in [2.24, 2.45) is 0 Å². The quantitative estimate of drug-likeness (QED) is 0.431. The van der Waals surface area contributed by atoms with Gasteiger partial charge in [-0.3, -0.25) is 0 Å². The Morgan fingerprint density at radius 2 is 1.78 bits per heavy atom. The third-order valence-electron chi connectivity index (χ3n) is 1.03. The molecule has 0 bridgehead atoms. The molecule has 0 saturated carbocycles. The normalized spacial score (nSPS) is 9.33. The van der Waals surface area contributed by atoms with Crippen molar-refractivity contribution in [3.05, 3.63) is 18.2 Å². The monoisotopic (exact) mass is 122 g/mol. The zero-order valence-corrected chi connectivity index (χ0v) is 4.89. The Morgan fingerprint density at radius 1 is 1.11 bits per heavy atom. The summed E-state index contributed by atoms with van der Waals surface area (Å²) >= 11 is 0. The molecular formula is C6H8N3. The van der Waals surface area contributed by atoms with Gasteiger partial charge in [-0.1, -0.05) is 0 Å². The second-order valence-corrected chi connectivity index (χ2v) is 1.78. The fourth-order valence-corrected chi connectivity index (χ4v) is 0.539. The number of hydrogen-bond donors (Lipinski definition) is 3. The van der Waals surface area contributed by atoms with Crippen LogP contribution < -0.4 is 17.2 Å². The van der Waals surface area contributed by atoms with E-state index in [1.165, 1.54) is 0 Å². The van der Waals surface area contributed by atoms with Crippen LogP contribution in [-0.2, 0) is 0 Å². The first-order chi connectivity index (χ1) is 4.20. The predicted octanol–water partition coefficient (Wildman–Crippen LogP) is 0.233. The minimum absolute atomic E-state index is 0.412. The standard InChI is InChI=1S/C6H8N3/c7-4-1-2-5(8)6(9)3-4/h1-2H,7-9H2. The fourth-order valence-electron chi connectivity index (χ4n) is 0.539. The number of hydrogen-bond acceptors (Lipinski definition) is 3. The summed E-state index contributed by atoms with van der Waals surface area (Å²) in [4.78, 5) is 0. The third kappa shape index (κ3) is 1.05. The molecule has 1 aromatic rings. The van der Waals surface area contributed by atoms with E-state index in [0.29, 0.717) is 17.1 Å². The molecule has 0 spiro atoms. The smallest absolute Gasteiger partial charge is 0.0649 e. The number of nitrogen functional groups attached to an aromatic ring is 3. The van der Waals surface area contributed by atoms with Crippen LogP contribution in [0.1, 0.15) is 0 Å². The molecule has 0 unspecified atom stereocenters. The van der Waals surface area contributed by atoms with Crippen LogP contribution in [0.2, 0.25) is 0 Å². The molecule has 0 heterocycles. The van der Waals surface area contributed by atoms with Crippen molar-refractivity contribution < 1.29 is 0 Å². The molecular weight excluding hydrogens is 114 g/mol. The number of benzene rings is 1. The molecule has 9 heavy (non-hydrogen) atoms. The van der Waals surface area contributed by atoms with Gasteiger partial charge in [0.25, 0.3) is 0 Å². The van der Waals surface area contributed by atoms with Crippen molar-refractivity contribution in [3.8, 4) is 0 Å². The average molecular weight is 122 g/mol. The first-order valence-electron chi connectivity index (χ1n) is 2.53. The van der Waals surface area contributed by atoms with Crippen LogP contribution in [0.4, 0.5) is 17.1 Å². The molecule has 0 fully saturated rings. The molecule has 47 valence electrons. The van der Waals surface area contributed by atoms with Gasteiger partial charge in [0.15, 0.2) is 0 Å². The zero-order chi connectivity index (χ0) is 6.85. The van der Waals surface area contributed by atoms with Crippen molar-refractivity contribution >= 4 is 17.1 Å². The number of anilines is 3. The molecule has 0 aliphatic carbocycles. The van der Waals surface area contributed by atoms with E-state index in [2.05, 4.69) is 6.07 Å². The molecule has 1 rings (SSSR count).